The lowest BCUT2D eigenvalue weighted by Gasteiger charge is -2.39. The molecule has 1 aromatic carbocycles. The number of carbonyl (C=O) groups is 1. The maximum Gasteiger partial charge on any atom is 0.251 e. The van der Waals surface area contributed by atoms with Crippen LogP contribution in [0.5, 0.6) is 11.5 Å². The average molecular weight is 551 g/mol. The van der Waals surface area contributed by atoms with Crippen molar-refractivity contribution < 1.29 is 27.4 Å². The summed E-state index contributed by atoms with van der Waals surface area (Å²) in [4.78, 5) is 20.1. The number of fused-ring (bicyclic) bond motifs is 2. The number of nitrogens with zero attached hydrogens (tertiary/aromatic N) is 4. The van der Waals surface area contributed by atoms with E-state index in [0.29, 0.717) is 6.54 Å². The predicted octanol–water partition coefficient (Wildman–Crippen LogP) is 3.41. The summed E-state index contributed by atoms with van der Waals surface area (Å²) in [6.07, 6.45) is 2.79. The fourth-order valence-electron chi connectivity index (χ4n) is 5.39. The van der Waals surface area contributed by atoms with Crippen LogP contribution < -0.4 is 9.64 Å². The summed E-state index contributed by atoms with van der Waals surface area (Å²) in [5, 5.41) is 10.3. The molecular weight excluding hydrogens is 523 g/mol. The molecule has 2 fully saturated rings. The first-order valence-corrected chi connectivity index (χ1v) is 13.8. The standard InChI is InChI=1S/C25H28ClFN4O5S/c1-4-18(33)29-11-12-31-15(13-29)14-36-22-20(26)21(19-16(27)7-5-8-17(19)32)28-24(23(22)37(31,34)35)30-10-6-9-25(30,2)3/h4-5,7-8,15,32H,1,6,9-14H2,2-3H3/t15-/m1/s1. The van der Waals surface area contributed by atoms with Gasteiger partial charge in [0.1, 0.15) is 28.9 Å². The van der Waals surface area contributed by atoms with Crippen molar-refractivity contribution >= 4 is 33.3 Å². The predicted molar refractivity (Wildman–Crippen MR) is 137 cm³/mol. The summed E-state index contributed by atoms with van der Waals surface area (Å²) >= 11 is 6.71. The third-order valence-electron chi connectivity index (χ3n) is 7.32. The van der Waals surface area contributed by atoms with Crippen molar-refractivity contribution in [1.82, 2.24) is 14.2 Å². The van der Waals surface area contributed by atoms with Crippen LogP contribution in [0.4, 0.5) is 10.2 Å². The number of sulfonamides is 1. The van der Waals surface area contributed by atoms with E-state index in [4.69, 9.17) is 16.3 Å². The lowest BCUT2D eigenvalue weighted by Crippen LogP contribution is -2.57. The van der Waals surface area contributed by atoms with Gasteiger partial charge in [-0.2, -0.15) is 4.31 Å². The first-order chi connectivity index (χ1) is 17.5. The second-order valence-electron chi connectivity index (χ2n) is 10.0. The minimum Gasteiger partial charge on any atom is -0.507 e. The molecule has 0 unspecified atom stereocenters. The topological polar surface area (TPSA) is 103 Å². The summed E-state index contributed by atoms with van der Waals surface area (Å²) < 4.78 is 50.8. The van der Waals surface area contributed by atoms with Crippen LogP contribution in [0.3, 0.4) is 0 Å². The van der Waals surface area contributed by atoms with Gasteiger partial charge < -0.3 is 19.6 Å². The number of aromatic nitrogens is 1. The zero-order chi connectivity index (χ0) is 26.7. The van der Waals surface area contributed by atoms with Gasteiger partial charge in [0.2, 0.25) is 5.91 Å². The molecule has 0 bridgehead atoms. The van der Waals surface area contributed by atoms with Crippen molar-refractivity contribution in [2.45, 2.75) is 43.2 Å². The Balaban J connectivity index is 1.74. The van der Waals surface area contributed by atoms with Crippen LogP contribution in [0, 0.1) is 5.82 Å². The van der Waals surface area contributed by atoms with Crippen LogP contribution in [0.2, 0.25) is 5.02 Å². The molecule has 2 aromatic rings. The molecular formula is C25H28ClFN4O5S. The molecule has 0 radical (unpaired) electrons. The van der Waals surface area contributed by atoms with Crippen molar-refractivity contribution in [3.05, 3.63) is 41.7 Å². The maximum absolute atomic E-state index is 15.0. The first-order valence-electron chi connectivity index (χ1n) is 12.0. The van der Waals surface area contributed by atoms with Gasteiger partial charge in [-0.25, -0.2) is 17.8 Å². The van der Waals surface area contributed by atoms with Gasteiger partial charge in [-0.05, 0) is 44.9 Å². The van der Waals surface area contributed by atoms with E-state index in [9.17, 15) is 22.7 Å². The monoisotopic (exact) mass is 550 g/mol. The van der Waals surface area contributed by atoms with E-state index in [-0.39, 0.29) is 70.6 Å². The molecule has 9 nitrogen and oxygen atoms in total. The van der Waals surface area contributed by atoms with E-state index >= 15 is 0 Å². The quantitative estimate of drug-likeness (QED) is 0.584. The maximum atomic E-state index is 15.0. The van der Waals surface area contributed by atoms with Gasteiger partial charge in [-0.3, -0.25) is 4.79 Å². The number of ether oxygens (including phenoxy) is 1. The molecule has 1 aromatic heterocycles. The molecule has 0 spiro atoms. The molecule has 12 heteroatoms. The molecule has 4 heterocycles. The SMILES string of the molecule is C=CC(=O)N1CCN2[C@@H](COc3c(Cl)c(-c4c(O)cccc4F)nc(N4CCCC4(C)C)c3S2(=O)=O)C1. The summed E-state index contributed by atoms with van der Waals surface area (Å²) in [6, 6.07) is 3.16. The number of benzene rings is 1. The van der Waals surface area contributed by atoms with E-state index in [1.807, 2.05) is 18.7 Å². The molecule has 2 saturated heterocycles. The van der Waals surface area contributed by atoms with Crippen LogP contribution in [0.15, 0.2) is 35.7 Å². The lowest BCUT2D eigenvalue weighted by atomic mass is 10.0. The fourth-order valence-corrected chi connectivity index (χ4v) is 7.59. The highest BCUT2D eigenvalue weighted by molar-refractivity contribution is 7.89. The largest absolute Gasteiger partial charge is 0.507 e. The van der Waals surface area contributed by atoms with Crippen LogP contribution in [0.1, 0.15) is 26.7 Å². The Bertz CT molecular complexity index is 1380. The van der Waals surface area contributed by atoms with E-state index < -0.39 is 27.4 Å². The number of anilines is 1. The number of hydrogen-bond donors (Lipinski definition) is 1. The van der Waals surface area contributed by atoms with E-state index in [0.717, 1.165) is 12.8 Å². The Morgan fingerprint density at radius 1 is 1.32 bits per heavy atom. The van der Waals surface area contributed by atoms with Crippen LogP contribution in [-0.2, 0) is 14.8 Å². The van der Waals surface area contributed by atoms with Gasteiger partial charge in [0, 0.05) is 31.7 Å². The molecule has 0 saturated carbocycles. The summed E-state index contributed by atoms with van der Waals surface area (Å²) in [6.45, 7) is 8.30. The second-order valence-corrected chi connectivity index (χ2v) is 12.2. The Morgan fingerprint density at radius 3 is 2.73 bits per heavy atom. The number of phenolic OH excluding ortho intramolecular Hbond substituents is 1. The molecule has 0 aliphatic carbocycles. The van der Waals surface area contributed by atoms with Gasteiger partial charge in [0.25, 0.3) is 10.0 Å². The van der Waals surface area contributed by atoms with Gasteiger partial charge in [-0.1, -0.05) is 24.2 Å². The molecule has 1 amide bonds. The number of rotatable bonds is 3. The number of piperazine rings is 1. The molecule has 3 aliphatic heterocycles. The third-order valence-corrected chi connectivity index (χ3v) is 9.65. The molecule has 37 heavy (non-hydrogen) atoms. The Labute approximate surface area is 220 Å². The van der Waals surface area contributed by atoms with E-state index in [1.165, 1.54) is 33.5 Å². The summed E-state index contributed by atoms with van der Waals surface area (Å²) in [7, 11) is -4.20. The fraction of sp³-hybridized carbons (Fsp3) is 0.440. The molecule has 1 N–H and O–H groups in total. The molecule has 1 atom stereocenters. The highest BCUT2D eigenvalue weighted by Crippen LogP contribution is 2.50. The molecule has 198 valence electrons. The number of phenols is 1. The molecule has 5 rings (SSSR count). The van der Waals surface area contributed by atoms with Gasteiger partial charge in [-0.15, -0.1) is 0 Å². The van der Waals surface area contributed by atoms with Crippen molar-refractivity contribution in [1.29, 1.82) is 0 Å². The van der Waals surface area contributed by atoms with Crippen LogP contribution in [0.25, 0.3) is 11.3 Å². The van der Waals surface area contributed by atoms with Gasteiger partial charge >= 0.3 is 0 Å². The first kappa shape index (κ1) is 25.7. The average Bonchev–Trinajstić information content (AvgIpc) is 3.15. The van der Waals surface area contributed by atoms with E-state index in [1.54, 1.807) is 0 Å². The highest BCUT2D eigenvalue weighted by atomic mass is 35.5. The zero-order valence-electron chi connectivity index (χ0n) is 20.6. The zero-order valence-corrected chi connectivity index (χ0v) is 22.1. The van der Waals surface area contributed by atoms with Crippen LogP contribution in [-0.4, -0.2) is 78.0 Å². The highest BCUT2D eigenvalue weighted by Gasteiger charge is 2.47. The number of hydrogen-bond acceptors (Lipinski definition) is 7. The van der Waals surface area contributed by atoms with Gasteiger partial charge in [0.05, 0.1) is 11.6 Å². The number of aromatic hydroxyl groups is 1. The van der Waals surface area contributed by atoms with Crippen molar-refractivity contribution in [2.75, 3.05) is 37.7 Å². The Kier molecular flexibility index (Phi) is 6.36. The van der Waals surface area contributed by atoms with E-state index in [2.05, 4.69) is 11.6 Å². The van der Waals surface area contributed by atoms with Crippen molar-refractivity contribution in [3.63, 3.8) is 0 Å². The number of halogens is 2. The minimum atomic E-state index is -4.20. The Morgan fingerprint density at radius 2 is 2.08 bits per heavy atom. The number of pyridine rings is 1. The minimum absolute atomic E-state index is 0.0612. The number of amides is 1. The van der Waals surface area contributed by atoms with Gasteiger partial charge in [0.15, 0.2) is 16.5 Å². The van der Waals surface area contributed by atoms with Crippen molar-refractivity contribution in [2.24, 2.45) is 0 Å². The van der Waals surface area contributed by atoms with Crippen LogP contribution >= 0.6 is 11.6 Å². The lowest BCUT2D eigenvalue weighted by molar-refractivity contribution is -0.128. The van der Waals surface area contributed by atoms with Crippen molar-refractivity contribution in [3.8, 4) is 22.8 Å². The Hall–Kier alpha value is -2.89. The smallest absolute Gasteiger partial charge is 0.251 e. The molecule has 3 aliphatic rings. The number of carbonyl (C=O) groups excluding carboxylic acids is 1. The normalized spacial score (nSPS) is 22.5. The third kappa shape index (κ3) is 4.13. The summed E-state index contributed by atoms with van der Waals surface area (Å²) in [5.74, 6) is -1.47. The second kappa shape index (κ2) is 9.14. The summed E-state index contributed by atoms with van der Waals surface area (Å²) in [5.41, 5.74) is -0.786.